The number of nitrogens with zero attached hydrogens (tertiary/aromatic N) is 1. The van der Waals surface area contributed by atoms with Crippen LogP contribution >= 0.6 is 0 Å². The van der Waals surface area contributed by atoms with Crippen LogP contribution in [-0.4, -0.2) is 17.4 Å². The number of hydrogen-bond donors (Lipinski definition) is 2. The molecular weight excluding hydrogens is 274 g/mol. The summed E-state index contributed by atoms with van der Waals surface area (Å²) in [4.78, 5) is 16.5. The molecule has 1 amide bonds. The summed E-state index contributed by atoms with van der Waals surface area (Å²) in [5.41, 5.74) is 4.29. The van der Waals surface area contributed by atoms with Crippen molar-refractivity contribution < 1.29 is 4.79 Å². The number of amides is 1. The van der Waals surface area contributed by atoms with Crippen LogP contribution in [0.4, 0.5) is 11.4 Å². The minimum atomic E-state index is -0.187. The van der Waals surface area contributed by atoms with Crippen molar-refractivity contribution in [2.24, 2.45) is 5.92 Å². The van der Waals surface area contributed by atoms with E-state index in [1.54, 1.807) is 12.3 Å². The summed E-state index contributed by atoms with van der Waals surface area (Å²) < 4.78 is 0. The maximum absolute atomic E-state index is 12.3. The van der Waals surface area contributed by atoms with Crippen molar-refractivity contribution in [3.05, 3.63) is 53.3 Å². The van der Waals surface area contributed by atoms with E-state index in [4.69, 9.17) is 0 Å². The van der Waals surface area contributed by atoms with Crippen molar-refractivity contribution >= 4 is 17.3 Å². The van der Waals surface area contributed by atoms with E-state index in [1.165, 1.54) is 0 Å². The van der Waals surface area contributed by atoms with Crippen LogP contribution in [0.25, 0.3) is 0 Å². The first kappa shape index (κ1) is 16.0. The molecule has 4 nitrogen and oxygen atoms in total. The first-order valence-corrected chi connectivity index (χ1v) is 7.55. The fourth-order valence-corrected chi connectivity index (χ4v) is 2.14. The zero-order valence-corrected chi connectivity index (χ0v) is 13.6. The second kappa shape index (κ2) is 7.07. The lowest BCUT2D eigenvalue weighted by atomic mass is 10.1. The average molecular weight is 297 g/mol. The Morgan fingerprint density at radius 1 is 1.14 bits per heavy atom. The number of nitrogens with one attached hydrogen (secondary N) is 2. The highest BCUT2D eigenvalue weighted by atomic mass is 16.1. The second-order valence-electron chi connectivity index (χ2n) is 5.93. The largest absolute Gasteiger partial charge is 0.384 e. The number of rotatable bonds is 5. The number of para-hydroxylation sites is 1. The Kier molecular flexibility index (Phi) is 5.15. The maximum Gasteiger partial charge on any atom is 0.274 e. The van der Waals surface area contributed by atoms with Crippen LogP contribution in [0.3, 0.4) is 0 Å². The van der Waals surface area contributed by atoms with Gasteiger partial charge < -0.3 is 10.6 Å². The Morgan fingerprint density at radius 2 is 1.82 bits per heavy atom. The summed E-state index contributed by atoms with van der Waals surface area (Å²) in [6.07, 6.45) is 1.70. The van der Waals surface area contributed by atoms with E-state index in [2.05, 4.69) is 29.5 Å². The summed E-state index contributed by atoms with van der Waals surface area (Å²) in [5, 5.41) is 6.23. The van der Waals surface area contributed by atoms with Gasteiger partial charge in [0, 0.05) is 12.2 Å². The predicted octanol–water partition coefficient (Wildman–Crippen LogP) is 4.02. The molecule has 0 spiro atoms. The first-order valence-electron chi connectivity index (χ1n) is 7.55. The summed E-state index contributed by atoms with van der Waals surface area (Å²) in [6, 6.07) is 9.57. The zero-order valence-electron chi connectivity index (χ0n) is 13.6. The van der Waals surface area contributed by atoms with E-state index in [-0.39, 0.29) is 5.91 Å². The van der Waals surface area contributed by atoms with E-state index in [0.717, 1.165) is 29.0 Å². The van der Waals surface area contributed by atoms with Crippen LogP contribution in [0.15, 0.2) is 36.5 Å². The van der Waals surface area contributed by atoms with E-state index >= 15 is 0 Å². The Bertz CT molecular complexity index is 628. The summed E-state index contributed by atoms with van der Waals surface area (Å²) in [6.45, 7) is 9.14. The average Bonchev–Trinajstić information content (AvgIpc) is 2.49. The number of anilines is 2. The molecule has 0 fully saturated rings. The smallest absolute Gasteiger partial charge is 0.274 e. The molecule has 2 N–H and O–H groups in total. The number of aromatic nitrogens is 1. The molecular formula is C18H23N3O. The zero-order chi connectivity index (χ0) is 16.1. The standard InChI is InChI=1S/C18H23N3O/c1-12(2)10-19-15-8-9-16(20-11-15)18(22)21-17-13(3)6-5-7-14(17)4/h5-9,11-12,19H,10H2,1-4H3,(H,21,22). The van der Waals surface area contributed by atoms with Crippen molar-refractivity contribution in [3.63, 3.8) is 0 Å². The fraction of sp³-hybridized carbons (Fsp3) is 0.333. The first-order chi connectivity index (χ1) is 10.5. The van der Waals surface area contributed by atoms with Crippen LogP contribution in [0, 0.1) is 19.8 Å². The van der Waals surface area contributed by atoms with Crippen LogP contribution < -0.4 is 10.6 Å². The van der Waals surface area contributed by atoms with Gasteiger partial charge >= 0.3 is 0 Å². The summed E-state index contributed by atoms with van der Waals surface area (Å²) in [7, 11) is 0. The van der Waals surface area contributed by atoms with Gasteiger partial charge in [0.25, 0.3) is 5.91 Å². The third-order valence-electron chi connectivity index (χ3n) is 3.43. The van der Waals surface area contributed by atoms with Crippen molar-refractivity contribution in [3.8, 4) is 0 Å². The van der Waals surface area contributed by atoms with Gasteiger partial charge in [-0.15, -0.1) is 0 Å². The Morgan fingerprint density at radius 3 is 2.36 bits per heavy atom. The highest BCUT2D eigenvalue weighted by Crippen LogP contribution is 2.20. The van der Waals surface area contributed by atoms with Gasteiger partial charge in [0.2, 0.25) is 0 Å². The number of carbonyl (C=O) groups is 1. The Balaban J connectivity index is 2.07. The maximum atomic E-state index is 12.3. The van der Waals surface area contributed by atoms with E-state index in [9.17, 15) is 4.79 Å². The number of benzene rings is 1. The molecule has 2 rings (SSSR count). The van der Waals surface area contributed by atoms with Gasteiger partial charge in [0.1, 0.15) is 5.69 Å². The van der Waals surface area contributed by atoms with E-state index in [0.29, 0.717) is 11.6 Å². The van der Waals surface area contributed by atoms with Crippen LogP contribution in [0.5, 0.6) is 0 Å². The van der Waals surface area contributed by atoms with E-state index in [1.807, 2.05) is 38.1 Å². The number of aryl methyl sites for hydroxylation is 2. The minimum Gasteiger partial charge on any atom is -0.384 e. The quantitative estimate of drug-likeness (QED) is 0.876. The van der Waals surface area contributed by atoms with Crippen LogP contribution in [0.1, 0.15) is 35.5 Å². The van der Waals surface area contributed by atoms with Gasteiger partial charge in [0.05, 0.1) is 11.9 Å². The predicted molar refractivity (Wildman–Crippen MR) is 91.4 cm³/mol. The molecule has 0 aliphatic carbocycles. The van der Waals surface area contributed by atoms with Crippen molar-refractivity contribution in [2.75, 3.05) is 17.2 Å². The van der Waals surface area contributed by atoms with Crippen molar-refractivity contribution in [1.82, 2.24) is 4.98 Å². The molecule has 1 heterocycles. The molecule has 1 aromatic heterocycles. The number of carbonyl (C=O) groups excluding carboxylic acids is 1. The highest BCUT2D eigenvalue weighted by molar-refractivity contribution is 6.03. The van der Waals surface area contributed by atoms with Crippen LogP contribution in [0.2, 0.25) is 0 Å². The topological polar surface area (TPSA) is 54.0 Å². The number of pyridine rings is 1. The van der Waals surface area contributed by atoms with Crippen molar-refractivity contribution in [2.45, 2.75) is 27.7 Å². The Hall–Kier alpha value is -2.36. The Labute approximate surface area is 132 Å². The molecule has 0 unspecified atom stereocenters. The van der Waals surface area contributed by atoms with Gasteiger partial charge in [-0.2, -0.15) is 0 Å². The minimum absolute atomic E-state index is 0.187. The van der Waals surface area contributed by atoms with Crippen molar-refractivity contribution in [1.29, 1.82) is 0 Å². The fourth-order valence-electron chi connectivity index (χ4n) is 2.14. The molecule has 4 heteroatoms. The lowest BCUT2D eigenvalue weighted by Gasteiger charge is -2.12. The molecule has 22 heavy (non-hydrogen) atoms. The van der Waals surface area contributed by atoms with Gasteiger partial charge in [-0.25, -0.2) is 4.98 Å². The lowest BCUT2D eigenvalue weighted by molar-refractivity contribution is 0.102. The van der Waals surface area contributed by atoms with Crippen LogP contribution in [-0.2, 0) is 0 Å². The third kappa shape index (κ3) is 4.07. The second-order valence-corrected chi connectivity index (χ2v) is 5.93. The summed E-state index contributed by atoms with van der Waals surface area (Å²) >= 11 is 0. The van der Waals surface area contributed by atoms with Gasteiger partial charge in [-0.1, -0.05) is 32.0 Å². The molecule has 0 aliphatic heterocycles. The third-order valence-corrected chi connectivity index (χ3v) is 3.43. The normalized spacial score (nSPS) is 10.6. The van der Waals surface area contributed by atoms with E-state index < -0.39 is 0 Å². The molecule has 0 radical (unpaired) electrons. The molecule has 0 saturated heterocycles. The lowest BCUT2D eigenvalue weighted by Crippen LogP contribution is -2.15. The molecule has 0 bridgehead atoms. The molecule has 116 valence electrons. The molecule has 0 aliphatic rings. The highest BCUT2D eigenvalue weighted by Gasteiger charge is 2.10. The monoisotopic (exact) mass is 297 g/mol. The SMILES string of the molecule is Cc1cccc(C)c1NC(=O)c1ccc(NCC(C)C)cn1. The molecule has 1 aromatic carbocycles. The van der Waals surface area contributed by atoms with Gasteiger partial charge in [-0.05, 0) is 43.0 Å². The summed E-state index contributed by atoms with van der Waals surface area (Å²) in [5.74, 6) is 0.375. The van der Waals surface area contributed by atoms with Gasteiger partial charge in [-0.3, -0.25) is 4.79 Å². The molecule has 0 atom stereocenters. The van der Waals surface area contributed by atoms with Gasteiger partial charge in [0.15, 0.2) is 0 Å². The number of hydrogen-bond acceptors (Lipinski definition) is 3. The molecule has 2 aromatic rings. The molecule has 0 saturated carbocycles.